The number of hydrogen-bond donors (Lipinski definition) is 0. The summed E-state index contributed by atoms with van der Waals surface area (Å²) in [4.78, 5) is 0. The number of nitrogens with zero attached hydrogens (tertiary/aromatic N) is 1. The minimum Gasteiger partial charge on any atom is -0.336 e. The second-order valence-electron chi connectivity index (χ2n) is 16.7. The van der Waals surface area contributed by atoms with Crippen molar-refractivity contribution >= 4 is 92.5 Å². The van der Waals surface area contributed by atoms with Crippen molar-refractivity contribution in [3.8, 4) is 22.3 Å². The zero-order valence-electron chi connectivity index (χ0n) is 33.1. The number of fused-ring (bicyclic) bond motifs is 17. The van der Waals surface area contributed by atoms with Crippen molar-refractivity contribution in [3.63, 3.8) is 0 Å². The van der Waals surface area contributed by atoms with Crippen LogP contribution in [0.4, 0.5) is 0 Å². The van der Waals surface area contributed by atoms with Crippen LogP contribution in [0.1, 0.15) is 23.1 Å². The molecule has 0 fully saturated rings. The van der Waals surface area contributed by atoms with Gasteiger partial charge in [0.25, 0.3) is 0 Å². The zero-order chi connectivity index (χ0) is 39.3. The van der Waals surface area contributed by atoms with Gasteiger partial charge in [0.15, 0.2) is 0 Å². The van der Waals surface area contributed by atoms with E-state index in [-0.39, 0.29) is 0 Å². The highest BCUT2D eigenvalue weighted by atomic mass is 15.0. The Morgan fingerprint density at radius 3 is 1.75 bits per heavy atom. The average Bonchev–Trinajstić information content (AvgIpc) is 3.63. The van der Waals surface area contributed by atoms with E-state index in [0.717, 1.165) is 19.4 Å². The summed E-state index contributed by atoms with van der Waals surface area (Å²) in [5.41, 5.74) is 11.7. The molecule has 1 heteroatoms. The van der Waals surface area contributed by atoms with Gasteiger partial charge < -0.3 is 4.57 Å². The molecule has 12 aromatic rings. The molecule has 0 saturated heterocycles. The lowest BCUT2D eigenvalue weighted by molar-refractivity contribution is 0.869. The maximum absolute atomic E-state index is 2.48. The van der Waals surface area contributed by atoms with Crippen LogP contribution in [-0.4, -0.2) is 4.57 Å². The molecule has 280 valence electrons. The Morgan fingerprint density at radius 2 is 0.983 bits per heavy atom. The van der Waals surface area contributed by atoms with Crippen molar-refractivity contribution in [2.45, 2.75) is 19.4 Å². The van der Waals surface area contributed by atoms with Gasteiger partial charge >= 0.3 is 0 Å². The Labute approximate surface area is 348 Å². The number of hydrogen-bond acceptors (Lipinski definition) is 0. The fourth-order valence-electron chi connectivity index (χ4n) is 10.8. The van der Waals surface area contributed by atoms with Crippen molar-refractivity contribution in [3.05, 3.63) is 211 Å². The van der Waals surface area contributed by atoms with Gasteiger partial charge in [-0.25, -0.2) is 0 Å². The number of aryl methyl sites for hydroxylation is 1. The molecule has 1 heterocycles. The van der Waals surface area contributed by atoms with Gasteiger partial charge in [0.2, 0.25) is 0 Å². The topological polar surface area (TPSA) is 4.93 Å². The zero-order valence-corrected chi connectivity index (χ0v) is 33.1. The van der Waals surface area contributed by atoms with Crippen molar-refractivity contribution < 1.29 is 0 Å². The van der Waals surface area contributed by atoms with Crippen LogP contribution in [0, 0.1) is 0 Å². The van der Waals surface area contributed by atoms with Crippen LogP contribution in [0.5, 0.6) is 0 Å². The fourth-order valence-corrected chi connectivity index (χ4v) is 10.8. The van der Waals surface area contributed by atoms with Crippen LogP contribution in [0.3, 0.4) is 0 Å². The number of para-hydroxylation sites is 2. The van der Waals surface area contributed by atoms with Crippen LogP contribution < -0.4 is 0 Å². The molecule has 11 aromatic carbocycles. The van der Waals surface area contributed by atoms with Crippen LogP contribution in [0.2, 0.25) is 0 Å². The second-order valence-corrected chi connectivity index (χ2v) is 16.7. The standard InChI is InChI=1S/C59H39N/c1-2-17-42-41(15-1)35-53(40-16-13-14-37(32-40)36-60-56-26-11-9-21-48(56)49-22-10-12-27-57(49)60)47-31-29-38(33-54(42)47)39-28-30-46-45-20-5-7-24-51(45)58-50-23-6-3-18-43(50)44-19-4-8-25-52(44)59(58)55(46)34-39/h1-3,5-18,20-35H,4,19,36H2. The molecule has 0 spiro atoms. The second kappa shape index (κ2) is 13.0. The van der Waals surface area contributed by atoms with Crippen molar-refractivity contribution in [1.29, 1.82) is 0 Å². The fraction of sp³-hybridized carbons (Fsp3) is 0.0508. The Morgan fingerprint density at radius 1 is 0.383 bits per heavy atom. The first kappa shape index (κ1) is 33.5. The first-order valence-corrected chi connectivity index (χ1v) is 21.3. The maximum atomic E-state index is 2.48. The SMILES string of the molecule is C1=Cc2c(c3ccccc3c3c4ccccc4c4ccc(-c5ccc6c(-c7cccc(Cn8c9ccccc9c9ccccc98)c7)cc7ccccc7c6c5)cc4c23)CC1. The Hall–Kier alpha value is -7.48. The third-order valence-electron chi connectivity index (χ3n) is 13.4. The monoisotopic (exact) mass is 761 g/mol. The molecule has 0 amide bonds. The smallest absolute Gasteiger partial charge is 0.0494 e. The number of aromatic nitrogens is 1. The van der Waals surface area contributed by atoms with E-state index in [1.165, 1.54) is 125 Å². The first-order chi connectivity index (χ1) is 29.8. The molecule has 0 aliphatic heterocycles. The summed E-state index contributed by atoms with van der Waals surface area (Å²) in [5.74, 6) is 0. The predicted molar refractivity (Wildman–Crippen MR) is 258 cm³/mol. The van der Waals surface area contributed by atoms with Gasteiger partial charge in [-0.2, -0.15) is 0 Å². The van der Waals surface area contributed by atoms with E-state index in [1.807, 2.05) is 0 Å². The largest absolute Gasteiger partial charge is 0.336 e. The van der Waals surface area contributed by atoms with Crippen molar-refractivity contribution in [2.75, 3.05) is 0 Å². The molecule has 0 saturated carbocycles. The predicted octanol–water partition coefficient (Wildman–Crippen LogP) is 16.1. The van der Waals surface area contributed by atoms with Gasteiger partial charge in [0, 0.05) is 28.4 Å². The highest BCUT2D eigenvalue weighted by molar-refractivity contribution is 6.34. The van der Waals surface area contributed by atoms with E-state index < -0.39 is 0 Å². The molecule has 0 unspecified atom stereocenters. The number of rotatable bonds is 4. The van der Waals surface area contributed by atoms with Crippen LogP contribution in [-0.2, 0) is 13.0 Å². The van der Waals surface area contributed by atoms with E-state index >= 15 is 0 Å². The normalized spacial score (nSPS) is 12.9. The lowest BCUT2D eigenvalue weighted by Gasteiger charge is -2.21. The maximum Gasteiger partial charge on any atom is 0.0494 e. The molecule has 13 rings (SSSR count). The first-order valence-electron chi connectivity index (χ1n) is 21.3. The van der Waals surface area contributed by atoms with Crippen LogP contribution >= 0.6 is 0 Å². The van der Waals surface area contributed by atoms with E-state index in [1.54, 1.807) is 0 Å². The third kappa shape index (κ3) is 4.93. The van der Waals surface area contributed by atoms with Gasteiger partial charge in [-0.3, -0.25) is 0 Å². The summed E-state index contributed by atoms with van der Waals surface area (Å²) in [7, 11) is 0. The lowest BCUT2D eigenvalue weighted by Crippen LogP contribution is -1.99. The highest BCUT2D eigenvalue weighted by Crippen LogP contribution is 2.46. The molecular formula is C59H39N. The molecule has 0 N–H and O–H groups in total. The Bertz CT molecular complexity index is 3750. The molecular weight excluding hydrogens is 723 g/mol. The molecule has 60 heavy (non-hydrogen) atoms. The molecule has 0 bridgehead atoms. The minimum atomic E-state index is 0.804. The lowest BCUT2D eigenvalue weighted by atomic mass is 9.82. The molecule has 1 aliphatic rings. The van der Waals surface area contributed by atoms with Gasteiger partial charge in [0.05, 0.1) is 0 Å². The summed E-state index contributed by atoms with van der Waals surface area (Å²) in [6.07, 6.45) is 6.92. The molecule has 1 nitrogen and oxygen atoms in total. The Balaban J connectivity index is 1.000. The summed E-state index contributed by atoms with van der Waals surface area (Å²) in [6.45, 7) is 0.804. The summed E-state index contributed by atoms with van der Waals surface area (Å²) in [5, 5.41) is 18.5. The summed E-state index contributed by atoms with van der Waals surface area (Å²) in [6, 6.07) is 70.5. The van der Waals surface area contributed by atoms with Gasteiger partial charge in [-0.1, -0.05) is 164 Å². The van der Waals surface area contributed by atoms with E-state index in [9.17, 15) is 0 Å². The van der Waals surface area contributed by atoms with Gasteiger partial charge in [-0.05, 0) is 153 Å². The quantitative estimate of drug-likeness (QED) is 0.157. The summed E-state index contributed by atoms with van der Waals surface area (Å²) >= 11 is 0. The minimum absolute atomic E-state index is 0.804. The van der Waals surface area contributed by atoms with Crippen molar-refractivity contribution in [1.82, 2.24) is 4.57 Å². The molecule has 0 atom stereocenters. The van der Waals surface area contributed by atoms with E-state index in [4.69, 9.17) is 0 Å². The average molecular weight is 762 g/mol. The van der Waals surface area contributed by atoms with Crippen LogP contribution in [0.25, 0.3) is 115 Å². The van der Waals surface area contributed by atoms with Crippen molar-refractivity contribution in [2.24, 2.45) is 0 Å². The Kier molecular flexibility index (Phi) is 7.26. The molecule has 0 radical (unpaired) electrons. The third-order valence-corrected chi connectivity index (χ3v) is 13.4. The highest BCUT2D eigenvalue weighted by Gasteiger charge is 2.20. The van der Waals surface area contributed by atoms with E-state index in [0.29, 0.717) is 0 Å². The number of benzene rings is 11. The molecule has 1 aromatic heterocycles. The van der Waals surface area contributed by atoms with Gasteiger partial charge in [-0.15, -0.1) is 0 Å². The van der Waals surface area contributed by atoms with E-state index in [2.05, 4.69) is 205 Å². The summed E-state index contributed by atoms with van der Waals surface area (Å²) < 4.78 is 2.47. The van der Waals surface area contributed by atoms with Crippen LogP contribution in [0.15, 0.2) is 194 Å². The van der Waals surface area contributed by atoms with Gasteiger partial charge in [0.1, 0.15) is 0 Å². The number of allylic oxidation sites excluding steroid dienone is 1. The molecule has 1 aliphatic carbocycles.